The standard InChI is InChI=1S/C9H16N2.BrH/c1-2-3-4-5-6-9-10-7-8-11-9;/h7-8H,2-6H2,1H3,(H,10,11);1H. The maximum atomic E-state index is 4.16. The lowest BCUT2D eigenvalue weighted by Gasteiger charge is -1.95. The average Bonchev–Trinajstić information content (AvgIpc) is 2.50. The van der Waals surface area contributed by atoms with Gasteiger partial charge >= 0.3 is 0 Å². The van der Waals surface area contributed by atoms with E-state index < -0.39 is 0 Å². The molecule has 0 radical (unpaired) electrons. The van der Waals surface area contributed by atoms with Crippen LogP contribution in [0.2, 0.25) is 0 Å². The molecule has 1 rings (SSSR count). The number of aromatic nitrogens is 2. The molecular weight excluding hydrogens is 216 g/mol. The van der Waals surface area contributed by atoms with Crippen LogP contribution in [0.3, 0.4) is 0 Å². The summed E-state index contributed by atoms with van der Waals surface area (Å²) < 4.78 is 0. The van der Waals surface area contributed by atoms with Gasteiger partial charge in [0.25, 0.3) is 0 Å². The molecule has 12 heavy (non-hydrogen) atoms. The van der Waals surface area contributed by atoms with Gasteiger partial charge in [-0.15, -0.1) is 17.0 Å². The van der Waals surface area contributed by atoms with Crippen molar-refractivity contribution in [3.63, 3.8) is 0 Å². The van der Waals surface area contributed by atoms with Crippen molar-refractivity contribution < 1.29 is 0 Å². The van der Waals surface area contributed by atoms with Gasteiger partial charge in [0.2, 0.25) is 0 Å². The van der Waals surface area contributed by atoms with Gasteiger partial charge in [-0.1, -0.05) is 26.2 Å². The first-order valence-electron chi connectivity index (χ1n) is 4.41. The predicted octanol–water partition coefficient (Wildman–Crippen LogP) is 3.11. The lowest BCUT2D eigenvalue weighted by atomic mass is 10.1. The van der Waals surface area contributed by atoms with Gasteiger partial charge in [0, 0.05) is 18.8 Å². The summed E-state index contributed by atoms with van der Waals surface area (Å²) in [5, 5.41) is 0. The summed E-state index contributed by atoms with van der Waals surface area (Å²) in [5.41, 5.74) is 0. The summed E-state index contributed by atoms with van der Waals surface area (Å²) in [6.07, 6.45) is 10.1. The Labute approximate surface area is 84.6 Å². The van der Waals surface area contributed by atoms with Gasteiger partial charge in [0.05, 0.1) is 0 Å². The van der Waals surface area contributed by atoms with Crippen LogP contribution in [0.15, 0.2) is 12.4 Å². The number of rotatable bonds is 5. The number of halogens is 1. The Hall–Kier alpha value is -0.310. The molecule has 1 N–H and O–H groups in total. The number of hydrogen-bond donors (Lipinski definition) is 1. The summed E-state index contributed by atoms with van der Waals surface area (Å²) in [6, 6.07) is 0. The summed E-state index contributed by atoms with van der Waals surface area (Å²) in [4.78, 5) is 7.26. The van der Waals surface area contributed by atoms with Gasteiger partial charge in [0.1, 0.15) is 5.82 Å². The Morgan fingerprint density at radius 2 is 2.17 bits per heavy atom. The van der Waals surface area contributed by atoms with E-state index in [1.54, 1.807) is 0 Å². The zero-order valence-electron chi connectivity index (χ0n) is 7.55. The molecule has 1 aromatic heterocycles. The molecule has 0 fully saturated rings. The fraction of sp³-hybridized carbons (Fsp3) is 0.667. The van der Waals surface area contributed by atoms with E-state index in [0.29, 0.717) is 0 Å². The molecule has 1 heterocycles. The van der Waals surface area contributed by atoms with E-state index in [0.717, 1.165) is 12.2 Å². The van der Waals surface area contributed by atoms with E-state index in [1.165, 1.54) is 25.7 Å². The summed E-state index contributed by atoms with van der Waals surface area (Å²) in [6.45, 7) is 2.23. The molecule has 0 aliphatic rings. The molecule has 0 amide bonds. The van der Waals surface area contributed by atoms with E-state index in [2.05, 4.69) is 16.9 Å². The molecule has 0 aliphatic carbocycles. The predicted molar refractivity (Wildman–Crippen MR) is 56.8 cm³/mol. The van der Waals surface area contributed by atoms with Crippen molar-refractivity contribution in [2.45, 2.75) is 39.0 Å². The van der Waals surface area contributed by atoms with Crippen molar-refractivity contribution in [1.82, 2.24) is 9.97 Å². The SMILES string of the molecule is Br.CCCCCCc1ncc[nH]1. The number of H-pyrrole nitrogens is 1. The smallest absolute Gasteiger partial charge is 0.105 e. The van der Waals surface area contributed by atoms with Crippen molar-refractivity contribution in [3.8, 4) is 0 Å². The monoisotopic (exact) mass is 232 g/mol. The highest BCUT2D eigenvalue weighted by Gasteiger charge is 1.92. The highest BCUT2D eigenvalue weighted by molar-refractivity contribution is 8.93. The molecule has 0 saturated carbocycles. The fourth-order valence-corrected chi connectivity index (χ4v) is 1.15. The van der Waals surface area contributed by atoms with Gasteiger partial charge in [-0.25, -0.2) is 4.98 Å². The molecule has 1 aromatic rings. The largest absolute Gasteiger partial charge is 0.349 e. The quantitative estimate of drug-likeness (QED) is 0.777. The van der Waals surface area contributed by atoms with E-state index in [-0.39, 0.29) is 17.0 Å². The fourth-order valence-electron chi connectivity index (χ4n) is 1.15. The second kappa shape index (κ2) is 7.35. The van der Waals surface area contributed by atoms with Crippen molar-refractivity contribution in [2.75, 3.05) is 0 Å². The number of aromatic amines is 1. The highest BCUT2D eigenvalue weighted by Crippen LogP contribution is 2.02. The van der Waals surface area contributed by atoms with Crippen LogP contribution in [0.1, 0.15) is 38.4 Å². The topological polar surface area (TPSA) is 28.7 Å². The van der Waals surface area contributed by atoms with Gasteiger partial charge < -0.3 is 4.98 Å². The van der Waals surface area contributed by atoms with Crippen LogP contribution in [0.25, 0.3) is 0 Å². The second-order valence-electron chi connectivity index (χ2n) is 2.85. The maximum Gasteiger partial charge on any atom is 0.105 e. The first-order valence-corrected chi connectivity index (χ1v) is 4.41. The average molecular weight is 233 g/mol. The summed E-state index contributed by atoms with van der Waals surface area (Å²) >= 11 is 0. The molecular formula is C9H17BrN2. The van der Waals surface area contributed by atoms with Gasteiger partial charge in [-0.05, 0) is 6.42 Å². The molecule has 0 bridgehead atoms. The first kappa shape index (κ1) is 11.7. The summed E-state index contributed by atoms with van der Waals surface area (Å²) in [5.74, 6) is 1.13. The highest BCUT2D eigenvalue weighted by atomic mass is 79.9. The number of nitrogens with one attached hydrogen (secondary N) is 1. The molecule has 0 spiro atoms. The molecule has 0 aromatic carbocycles. The van der Waals surface area contributed by atoms with Crippen LogP contribution in [-0.2, 0) is 6.42 Å². The number of hydrogen-bond acceptors (Lipinski definition) is 1. The third kappa shape index (κ3) is 4.54. The zero-order chi connectivity index (χ0) is 7.94. The van der Waals surface area contributed by atoms with Crippen LogP contribution in [0.5, 0.6) is 0 Å². The minimum absolute atomic E-state index is 0. The number of nitrogens with zero attached hydrogens (tertiary/aromatic N) is 1. The minimum Gasteiger partial charge on any atom is -0.349 e. The molecule has 2 nitrogen and oxygen atoms in total. The number of aryl methyl sites for hydroxylation is 1. The Kier molecular flexibility index (Phi) is 7.16. The Morgan fingerprint density at radius 1 is 1.33 bits per heavy atom. The Balaban J connectivity index is 0.00000121. The van der Waals surface area contributed by atoms with Crippen molar-refractivity contribution >= 4 is 17.0 Å². The minimum atomic E-state index is 0. The third-order valence-electron chi connectivity index (χ3n) is 1.82. The molecule has 3 heteroatoms. The Bertz CT molecular complexity index is 173. The van der Waals surface area contributed by atoms with Crippen LogP contribution in [0.4, 0.5) is 0 Å². The van der Waals surface area contributed by atoms with Gasteiger partial charge in [0.15, 0.2) is 0 Å². The van der Waals surface area contributed by atoms with Gasteiger partial charge in [-0.2, -0.15) is 0 Å². The van der Waals surface area contributed by atoms with Gasteiger partial charge in [-0.3, -0.25) is 0 Å². The second-order valence-corrected chi connectivity index (χ2v) is 2.85. The van der Waals surface area contributed by atoms with Crippen LogP contribution < -0.4 is 0 Å². The lowest BCUT2D eigenvalue weighted by molar-refractivity contribution is 0.655. The van der Waals surface area contributed by atoms with Crippen LogP contribution in [0, 0.1) is 0 Å². The first-order chi connectivity index (χ1) is 5.43. The number of imidazole rings is 1. The lowest BCUT2D eigenvalue weighted by Crippen LogP contribution is -1.87. The zero-order valence-corrected chi connectivity index (χ0v) is 9.26. The van der Waals surface area contributed by atoms with Crippen molar-refractivity contribution in [1.29, 1.82) is 0 Å². The third-order valence-corrected chi connectivity index (χ3v) is 1.82. The molecule has 0 unspecified atom stereocenters. The van der Waals surface area contributed by atoms with E-state index in [1.807, 2.05) is 12.4 Å². The Morgan fingerprint density at radius 3 is 2.75 bits per heavy atom. The van der Waals surface area contributed by atoms with Crippen LogP contribution >= 0.6 is 17.0 Å². The molecule has 0 aliphatic heterocycles. The van der Waals surface area contributed by atoms with E-state index in [9.17, 15) is 0 Å². The summed E-state index contributed by atoms with van der Waals surface area (Å²) in [7, 11) is 0. The van der Waals surface area contributed by atoms with Crippen LogP contribution in [-0.4, -0.2) is 9.97 Å². The molecule has 70 valence electrons. The van der Waals surface area contributed by atoms with Crippen molar-refractivity contribution in [2.24, 2.45) is 0 Å². The maximum absolute atomic E-state index is 4.16. The van der Waals surface area contributed by atoms with Crippen molar-refractivity contribution in [3.05, 3.63) is 18.2 Å². The normalized spacial score (nSPS) is 9.42. The van der Waals surface area contributed by atoms with E-state index in [4.69, 9.17) is 0 Å². The number of unbranched alkanes of at least 4 members (excludes halogenated alkanes) is 3. The van der Waals surface area contributed by atoms with E-state index >= 15 is 0 Å². The molecule has 0 saturated heterocycles. The molecule has 0 atom stereocenters.